The molecule has 3 N–H and O–H groups in total. The van der Waals surface area contributed by atoms with E-state index >= 15 is 0 Å². The number of hydrogen-bond donors (Lipinski definition) is 3. The number of aliphatic hydroxyl groups excluding tert-OH is 2. The summed E-state index contributed by atoms with van der Waals surface area (Å²) in [5, 5.41) is 19.0. The van der Waals surface area contributed by atoms with E-state index in [1.54, 1.807) is 0 Å². The van der Waals surface area contributed by atoms with Gasteiger partial charge in [0, 0.05) is 97.7 Å². The molecule has 0 saturated heterocycles. The summed E-state index contributed by atoms with van der Waals surface area (Å²) in [7, 11) is -5.59. The highest BCUT2D eigenvalue weighted by Gasteiger charge is 2.27. The topological polar surface area (TPSA) is 140 Å². The first-order valence-corrected chi connectivity index (χ1v) is 14.0. The molecule has 0 rings (SSSR count). The lowest BCUT2D eigenvalue weighted by Gasteiger charge is -2.21. The standard InChI is InChI=1S/C38H75O9P/c1-3-5-7-9-11-13-15-17-19-21-23-25-27-29-37(41)45-32-36(33-46-48(43,44)34-35(40)31-39)47-38(42)30-28-26-24-22-20-18-16-14-12-10-8-6-4-2/h35-36,39-40H,3-34H2,1-2H3,(H,43,44)/t35-,36-/m1/s1/i1D3,2D3,3D2,4D2,5D2,6D2,7D2,8D2,9D2,10D2,11D2,12D2,13D2,14D2,15D2,16D2,17D2,18D2,19D2,20D2,21D2,22D2,23D2,24D2,25D2,26D2,27D2,28D2,29D2,30D2. The van der Waals surface area contributed by atoms with Gasteiger partial charge in [0.15, 0.2) is 6.10 Å². The van der Waals surface area contributed by atoms with E-state index in [1.807, 2.05) is 0 Å². The lowest BCUT2D eigenvalue weighted by molar-refractivity contribution is -0.161. The Hall–Kier alpha value is -0.990. The SMILES string of the molecule is [2H]C([2H])([2H])C([2H])([2H])C([2H])([2H])C([2H])([2H])C([2H])([2H])C([2H])([2H])C([2H])([2H])C([2H])([2H])C([2H])([2H])C([2H])([2H])C([2H])([2H])C([2H])([2H])C([2H])([2H])C([2H])([2H])C([2H])([2H])C(=O)OC[C@H](COP(=O)(O)C[C@H](O)CO)OC(=O)C([2H])([2H])C([2H])([2H])C([2H])([2H])C([2H])([2H])C([2H])([2H])C([2H])([2H])C([2H])([2H])C([2H])([2H])C([2H])([2H])C([2H])([2H])C([2H])([2H])C([2H])([2H])C([2H])([2H])C([2H])([2H])C([2H])([2H])[2H]. The summed E-state index contributed by atoms with van der Waals surface area (Å²) in [5.41, 5.74) is 0. The zero-order valence-corrected chi connectivity index (χ0v) is 25.1. The Morgan fingerprint density at radius 1 is 0.625 bits per heavy atom. The summed E-state index contributed by atoms with van der Waals surface area (Å²) in [6.45, 7) is -14.4. The molecule has 286 valence electrons. The second kappa shape index (κ2) is 34.5. The van der Waals surface area contributed by atoms with Gasteiger partial charge in [0.25, 0.3) is 0 Å². The lowest BCUT2D eigenvalue weighted by Crippen LogP contribution is -2.30. The largest absolute Gasteiger partial charge is 0.462 e. The van der Waals surface area contributed by atoms with Crippen molar-refractivity contribution in [3.8, 4) is 0 Å². The van der Waals surface area contributed by atoms with Crippen molar-refractivity contribution in [1.82, 2.24) is 0 Å². The zero-order valence-electron chi connectivity index (χ0n) is 86.2. The van der Waals surface area contributed by atoms with Crippen LogP contribution in [0.5, 0.6) is 0 Å². The first-order valence-electron chi connectivity index (χ1n) is 43.2. The van der Waals surface area contributed by atoms with Crippen LogP contribution < -0.4 is 0 Å². The Bertz CT molecular complexity index is 3340. The van der Waals surface area contributed by atoms with Crippen molar-refractivity contribution >= 4 is 19.5 Å². The fourth-order valence-corrected chi connectivity index (χ4v) is 3.08. The normalized spacial score (nSPS) is 42.1. The average Bonchev–Trinajstić information content (AvgIpc) is 0.681. The molecule has 0 aromatic heterocycles. The highest BCUT2D eigenvalue weighted by atomic mass is 31.2. The molecular weight excluding hydrogens is 631 g/mol. The minimum absolute atomic E-state index is 1.39. The molecule has 48 heavy (non-hydrogen) atoms. The van der Waals surface area contributed by atoms with Crippen LogP contribution in [0.1, 0.15) is 277 Å². The molecule has 0 radical (unpaired) electrons. The fraction of sp³-hybridized carbons (Fsp3) is 0.947. The molecule has 9 nitrogen and oxygen atoms in total. The molecule has 1 unspecified atom stereocenters. The average molecular weight is 769 g/mol. The number of carbonyl (C=O) groups is 2. The first-order chi connectivity index (χ1) is 46.6. The molecule has 0 spiro atoms. The molecule has 0 aromatic carbocycles. The summed E-state index contributed by atoms with van der Waals surface area (Å²) in [6, 6.07) is 0. The molecule has 3 atom stereocenters. The maximum absolute atomic E-state index is 13.9. The maximum atomic E-state index is 13.9. The summed E-state index contributed by atoms with van der Waals surface area (Å²) >= 11 is 0. The lowest BCUT2D eigenvalue weighted by atomic mass is 10.0. The van der Waals surface area contributed by atoms with Crippen molar-refractivity contribution < 1.29 is 128 Å². The smallest absolute Gasteiger partial charge is 0.330 e. The highest BCUT2D eigenvalue weighted by molar-refractivity contribution is 7.52. The van der Waals surface area contributed by atoms with Gasteiger partial charge in [0.2, 0.25) is 0 Å². The Balaban J connectivity index is 8.19. The van der Waals surface area contributed by atoms with Gasteiger partial charge in [-0.3, -0.25) is 14.2 Å². The molecular formula is C38H75O9P. The van der Waals surface area contributed by atoms with E-state index in [0.717, 1.165) is 0 Å². The molecule has 0 aliphatic heterocycles. The second-order valence-corrected chi connectivity index (χ2v) is 8.98. The molecule has 0 aliphatic carbocycles. The monoisotopic (exact) mass is 769 g/mol. The van der Waals surface area contributed by atoms with Crippen LogP contribution in [-0.2, 0) is 28.2 Å². The molecule has 0 aliphatic rings. The van der Waals surface area contributed by atoms with Gasteiger partial charge in [0.1, 0.15) is 6.61 Å². The van der Waals surface area contributed by atoms with E-state index in [2.05, 4.69) is 14.0 Å². The van der Waals surface area contributed by atoms with E-state index in [9.17, 15) is 29.3 Å². The summed E-state index contributed by atoms with van der Waals surface area (Å²) in [5.74, 6) is -6.25. The summed E-state index contributed by atoms with van der Waals surface area (Å²) in [6.07, 6.45) is -155. The Kier molecular flexibility index (Phi) is 6.12. The predicted octanol–water partition coefficient (Wildman–Crippen LogP) is 9.96. The van der Waals surface area contributed by atoms with Crippen molar-refractivity contribution in [2.45, 2.75) is 204 Å². The van der Waals surface area contributed by atoms with Crippen LogP contribution in [0.2, 0.25) is 0 Å². The number of esters is 2. The van der Waals surface area contributed by atoms with Crippen LogP contribution in [0.15, 0.2) is 0 Å². The van der Waals surface area contributed by atoms with Crippen molar-refractivity contribution in [1.29, 1.82) is 0 Å². The summed E-state index contributed by atoms with van der Waals surface area (Å²) in [4.78, 5) is 37.9. The zero-order chi connectivity index (χ0) is 90.8. The number of hydrogen-bond acceptors (Lipinski definition) is 8. The molecule has 0 saturated carbocycles. The quantitative estimate of drug-likeness (QED) is 0.0416. The second-order valence-electron chi connectivity index (χ2n) is 7.08. The van der Waals surface area contributed by atoms with Gasteiger partial charge < -0.3 is 29.1 Å². The van der Waals surface area contributed by atoms with Crippen molar-refractivity contribution in [3.63, 3.8) is 0 Å². The minimum Gasteiger partial charge on any atom is -0.462 e. The van der Waals surface area contributed by atoms with Gasteiger partial charge in [-0.25, -0.2) is 0 Å². The number of rotatable bonds is 37. The summed E-state index contributed by atoms with van der Waals surface area (Å²) < 4.78 is 534. The van der Waals surface area contributed by atoms with E-state index in [-0.39, 0.29) is 0 Å². The van der Waals surface area contributed by atoms with Gasteiger partial charge in [-0.15, -0.1) is 0 Å². The van der Waals surface area contributed by atoms with Crippen molar-refractivity contribution in [3.05, 3.63) is 0 Å². The number of aliphatic hydroxyl groups is 2. The number of carbonyl (C=O) groups excluding carboxylic acids is 2. The van der Waals surface area contributed by atoms with E-state index in [1.165, 1.54) is 0 Å². The van der Waals surface area contributed by atoms with Crippen LogP contribution in [0.3, 0.4) is 0 Å². The number of ether oxygens (including phenoxy) is 2. The van der Waals surface area contributed by atoms with Crippen molar-refractivity contribution in [2.75, 3.05) is 26.0 Å². The van der Waals surface area contributed by atoms with Crippen molar-refractivity contribution in [2.24, 2.45) is 0 Å². The van der Waals surface area contributed by atoms with Crippen LogP contribution in [0, 0.1) is 0 Å². The molecule has 0 aromatic rings. The van der Waals surface area contributed by atoms with Gasteiger partial charge in [-0.2, -0.15) is 0 Å². The third-order valence-electron chi connectivity index (χ3n) is 3.62. The molecule has 0 heterocycles. The molecule has 10 heteroatoms. The van der Waals surface area contributed by atoms with E-state index < -0.39 is 250 Å². The molecule has 0 amide bonds. The highest BCUT2D eigenvalue weighted by Crippen LogP contribution is 2.42. The van der Waals surface area contributed by atoms with Crippen LogP contribution in [0.25, 0.3) is 0 Å². The van der Waals surface area contributed by atoms with Crippen LogP contribution >= 0.6 is 7.60 Å². The Morgan fingerprint density at radius 3 is 1.40 bits per heavy atom. The van der Waals surface area contributed by atoms with Gasteiger partial charge in [0.05, 0.1) is 25.5 Å². The Labute approximate surface area is 381 Å². The van der Waals surface area contributed by atoms with Gasteiger partial charge in [-0.1, -0.05) is 167 Å². The van der Waals surface area contributed by atoms with Gasteiger partial charge >= 0.3 is 19.5 Å². The maximum Gasteiger partial charge on any atom is 0.330 e. The molecule has 0 bridgehead atoms. The fourth-order valence-electron chi connectivity index (χ4n) is 1.93. The third-order valence-corrected chi connectivity index (χ3v) is 5.05. The van der Waals surface area contributed by atoms with Crippen LogP contribution in [-0.4, -0.2) is 65.2 Å². The third kappa shape index (κ3) is 33.5. The minimum atomic E-state index is -5.59. The predicted molar refractivity (Wildman–Crippen MR) is 195 cm³/mol. The van der Waals surface area contributed by atoms with Crippen LogP contribution in [0.4, 0.5) is 0 Å². The first kappa shape index (κ1) is 8.53. The van der Waals surface area contributed by atoms with Gasteiger partial charge in [-0.05, 0) is 12.7 Å². The van der Waals surface area contributed by atoms with E-state index in [0.29, 0.717) is 0 Å². The Morgan fingerprint density at radius 2 is 1.00 bits per heavy atom. The van der Waals surface area contributed by atoms with E-state index in [4.69, 9.17) is 85.0 Å². The molecule has 0 fully saturated rings.